The Hall–Kier alpha value is -7.06. The summed E-state index contributed by atoms with van der Waals surface area (Å²) in [5, 5.41) is 22.0. The molecule has 4 atom stereocenters. The maximum Gasteiger partial charge on any atom is 0.418 e. The molecule has 3 heterocycles. The molecule has 75 heavy (non-hydrogen) atoms. The molecule has 0 saturated carbocycles. The van der Waals surface area contributed by atoms with Crippen molar-refractivity contribution in [2.45, 2.75) is 142 Å². The van der Waals surface area contributed by atoms with Crippen molar-refractivity contribution in [2.75, 3.05) is 25.0 Å². The molecule has 1 aliphatic carbocycles. The number of rotatable bonds is 21. The number of thiazole rings is 1. The number of anilines is 1. The summed E-state index contributed by atoms with van der Waals surface area (Å²) < 4.78 is 19.2. The highest BCUT2D eigenvalue weighted by Crippen LogP contribution is 2.46. The molecule has 18 nitrogen and oxygen atoms in total. The second-order valence-electron chi connectivity index (χ2n) is 20.9. The van der Waals surface area contributed by atoms with Gasteiger partial charge in [-0.3, -0.25) is 33.6 Å². The lowest BCUT2D eigenvalue weighted by Gasteiger charge is -2.35. The number of imide groups is 1. The Morgan fingerprint density at radius 1 is 0.907 bits per heavy atom. The number of likely N-dealkylation sites (tertiary alicyclic amines) is 1. The van der Waals surface area contributed by atoms with Crippen LogP contribution >= 0.6 is 11.3 Å². The summed E-state index contributed by atoms with van der Waals surface area (Å²) in [6.45, 7) is 11.2. The van der Waals surface area contributed by atoms with Crippen LogP contribution in [0.1, 0.15) is 114 Å². The van der Waals surface area contributed by atoms with E-state index in [4.69, 9.17) is 4.74 Å². The van der Waals surface area contributed by atoms with Crippen LogP contribution in [0.4, 0.5) is 14.9 Å². The number of hydrogen-bond donors (Lipinski definition) is 5. The lowest BCUT2D eigenvalue weighted by atomic mass is 9.85. The number of aryl methyl sites for hydroxylation is 2. The maximum atomic E-state index is 14.0. The smallest absolute Gasteiger partial charge is 0.418 e. The van der Waals surface area contributed by atoms with Crippen LogP contribution in [0.2, 0.25) is 0 Å². The molecule has 3 aromatic carbocycles. The van der Waals surface area contributed by atoms with Crippen LogP contribution in [0.25, 0.3) is 10.4 Å². The minimum atomic E-state index is -1.60. The fourth-order valence-corrected chi connectivity index (χ4v) is 10.5. The minimum Gasteiger partial charge on any atom is -0.427 e. The van der Waals surface area contributed by atoms with E-state index in [1.807, 2.05) is 52.0 Å². The van der Waals surface area contributed by atoms with Gasteiger partial charge >= 0.3 is 6.09 Å². The summed E-state index contributed by atoms with van der Waals surface area (Å²) in [4.78, 5) is 116. The van der Waals surface area contributed by atoms with Crippen LogP contribution in [0.3, 0.4) is 0 Å². The average molecular weight is 1050 g/mol. The number of aromatic nitrogens is 1. The lowest BCUT2D eigenvalue weighted by Crippen LogP contribution is -2.57. The van der Waals surface area contributed by atoms with Gasteiger partial charge in [0.25, 0.3) is 5.91 Å². The number of aliphatic hydroxyl groups excluding tert-OH is 1. The number of hydrogen-bond acceptors (Lipinski definition) is 12. The highest BCUT2D eigenvalue weighted by Gasteiger charge is 2.58. The van der Waals surface area contributed by atoms with Gasteiger partial charge in [0.05, 0.1) is 22.2 Å². The highest BCUT2D eigenvalue weighted by molar-refractivity contribution is 7.13. The van der Waals surface area contributed by atoms with Gasteiger partial charge in [0, 0.05) is 75.6 Å². The molecule has 2 aliphatic heterocycles. The Bertz CT molecular complexity index is 2780. The zero-order valence-corrected chi connectivity index (χ0v) is 44.2. The number of halogens is 1. The van der Waals surface area contributed by atoms with E-state index in [0.29, 0.717) is 54.6 Å². The van der Waals surface area contributed by atoms with Gasteiger partial charge in [-0.1, -0.05) is 69.7 Å². The molecule has 400 valence electrons. The molecular weight excluding hydrogens is 984 g/mol. The molecule has 0 bridgehead atoms. The molecule has 4 aromatic rings. The number of aliphatic hydroxyl groups is 1. The normalized spacial score (nSPS) is 18.5. The predicted molar refractivity (Wildman–Crippen MR) is 278 cm³/mol. The summed E-state index contributed by atoms with van der Waals surface area (Å²) >= 11 is 1.56. The van der Waals surface area contributed by atoms with Crippen molar-refractivity contribution in [3.8, 4) is 10.4 Å². The summed E-state index contributed by atoms with van der Waals surface area (Å²) in [7, 11) is 0. The van der Waals surface area contributed by atoms with E-state index >= 15 is 0 Å². The number of carbonyl (C=O) groups excluding carboxylic acids is 8. The van der Waals surface area contributed by atoms with E-state index in [-0.39, 0.29) is 75.5 Å². The SMILES string of the molecule is Cc1ncsc1-c1ccc(CNC(=O)[C@@H]2C[C@@H](O)CN2C(=O)[C@@H](NC(=O)CCCCCNC(=O)CCC(=O)Nc2ccc3c(c2)CC[C@@]32OC(=O)N(CC(=O)N(Cc3ccc(F)cc3)C(C)C)C2=O)C(C)(C)C)cc1. The van der Waals surface area contributed by atoms with E-state index in [2.05, 4.69) is 26.3 Å². The molecule has 8 amide bonds. The monoisotopic (exact) mass is 1050 g/mol. The van der Waals surface area contributed by atoms with Crippen molar-refractivity contribution in [1.29, 1.82) is 0 Å². The number of fused-ring (bicyclic) bond motifs is 2. The number of β-amino-alcohol motifs (C(OH)–C–C–N with tert-alkyl or cyclic N) is 1. The zero-order chi connectivity index (χ0) is 54.2. The molecule has 1 aromatic heterocycles. The Morgan fingerprint density at radius 3 is 2.29 bits per heavy atom. The third-order valence-electron chi connectivity index (χ3n) is 13.8. The summed E-state index contributed by atoms with van der Waals surface area (Å²) in [5.41, 5.74) is 4.63. The van der Waals surface area contributed by atoms with Crippen LogP contribution in [0, 0.1) is 18.2 Å². The van der Waals surface area contributed by atoms with Crippen molar-refractivity contribution in [3.63, 3.8) is 0 Å². The second-order valence-corrected chi connectivity index (χ2v) is 21.7. The second kappa shape index (κ2) is 24.1. The van der Waals surface area contributed by atoms with Gasteiger partial charge in [0.15, 0.2) is 0 Å². The molecular formula is C55H67FN8O10S. The fourth-order valence-electron chi connectivity index (χ4n) is 9.67. The van der Waals surface area contributed by atoms with E-state index in [1.165, 1.54) is 21.9 Å². The van der Waals surface area contributed by atoms with Gasteiger partial charge < -0.3 is 40.9 Å². The Morgan fingerprint density at radius 2 is 1.61 bits per heavy atom. The first kappa shape index (κ1) is 55.7. The predicted octanol–water partition coefficient (Wildman–Crippen LogP) is 6.02. The molecule has 3 aliphatic rings. The van der Waals surface area contributed by atoms with Gasteiger partial charge in [-0.25, -0.2) is 19.1 Å². The van der Waals surface area contributed by atoms with Gasteiger partial charge in [0.2, 0.25) is 41.0 Å². The first-order valence-corrected chi connectivity index (χ1v) is 26.3. The van der Waals surface area contributed by atoms with Gasteiger partial charge in [-0.05, 0) is 92.0 Å². The van der Waals surface area contributed by atoms with Crippen LogP contribution in [-0.2, 0) is 63.4 Å². The molecule has 20 heteroatoms. The van der Waals surface area contributed by atoms with Crippen molar-refractivity contribution < 1.29 is 52.6 Å². The van der Waals surface area contributed by atoms with Crippen molar-refractivity contribution >= 4 is 64.5 Å². The van der Waals surface area contributed by atoms with E-state index in [9.17, 15) is 47.9 Å². The van der Waals surface area contributed by atoms with Crippen LogP contribution in [0.15, 0.2) is 72.2 Å². The number of benzene rings is 3. The van der Waals surface area contributed by atoms with Crippen molar-refractivity contribution in [1.82, 2.24) is 35.6 Å². The lowest BCUT2D eigenvalue weighted by molar-refractivity contribution is -0.144. The van der Waals surface area contributed by atoms with Gasteiger partial charge in [-0.15, -0.1) is 11.3 Å². The molecule has 0 radical (unpaired) electrons. The topological polar surface area (TPSA) is 237 Å². The minimum absolute atomic E-state index is 0.0338. The van der Waals surface area contributed by atoms with Crippen molar-refractivity contribution in [2.24, 2.45) is 5.41 Å². The number of amides is 8. The summed E-state index contributed by atoms with van der Waals surface area (Å²) in [6, 6.07) is 16.3. The van der Waals surface area contributed by atoms with Crippen LogP contribution in [-0.4, -0.2) is 116 Å². The number of ether oxygens (including phenoxy) is 1. The Balaban J connectivity index is 0.798. The van der Waals surface area contributed by atoms with E-state index in [1.54, 1.807) is 61.0 Å². The molecule has 2 saturated heterocycles. The average Bonchev–Trinajstić information content (AvgIpc) is 4.15. The largest absolute Gasteiger partial charge is 0.427 e. The zero-order valence-electron chi connectivity index (χ0n) is 43.3. The number of carbonyl (C=O) groups is 8. The van der Waals surface area contributed by atoms with Gasteiger partial charge in [-0.2, -0.15) is 0 Å². The number of unbranched alkanes of at least 4 members (excludes halogenated alkanes) is 2. The number of nitrogens with zero attached hydrogens (tertiary/aromatic N) is 4. The molecule has 5 N–H and O–H groups in total. The third kappa shape index (κ3) is 13.6. The third-order valence-corrected chi connectivity index (χ3v) is 14.8. The maximum absolute atomic E-state index is 14.0. The standard InChI is InChI=1S/C55H67FN8O10S/c1-33(2)62(29-36-13-17-39(56)18-14-36)47(69)31-64-52(72)55(74-53(64)73)24-23-38-26-40(19-20-42(38)55)60-46(68)22-21-44(66)57-25-9-7-8-10-45(67)61-49(54(4,5)6)51(71)63-30-41(65)27-43(63)50(70)58-28-35-11-15-37(16-12-35)48-34(3)59-32-75-48/h11-20,26,32-33,41,43,49,65H,7-10,21-25,27-31H2,1-6H3,(H,57,66)(H,58,70)(H,60,68)(H,61,67)/t41-,43+,49-,55-/m1/s1. The Kier molecular flexibility index (Phi) is 17.9. The van der Waals surface area contributed by atoms with Crippen LogP contribution < -0.4 is 21.3 Å². The van der Waals surface area contributed by atoms with Crippen LogP contribution in [0.5, 0.6) is 0 Å². The Labute approximate surface area is 440 Å². The quantitative estimate of drug-likeness (QED) is 0.0605. The van der Waals surface area contributed by atoms with Gasteiger partial charge in [0.1, 0.15) is 24.4 Å². The van der Waals surface area contributed by atoms with Crippen molar-refractivity contribution in [3.05, 3.63) is 106 Å². The first-order valence-electron chi connectivity index (χ1n) is 25.5. The van der Waals surface area contributed by atoms with E-state index in [0.717, 1.165) is 26.6 Å². The fraction of sp³-hybridized carbons (Fsp3) is 0.473. The molecule has 1 spiro atoms. The number of nitrogens with one attached hydrogen (secondary N) is 4. The van der Waals surface area contributed by atoms with E-state index < -0.39 is 71.3 Å². The first-order chi connectivity index (χ1) is 35.6. The summed E-state index contributed by atoms with van der Waals surface area (Å²) in [5.74, 6) is -3.42. The molecule has 7 rings (SSSR count). The molecule has 2 fully saturated rings. The highest BCUT2D eigenvalue weighted by atomic mass is 32.1. The molecule has 0 unspecified atom stereocenters. The summed E-state index contributed by atoms with van der Waals surface area (Å²) in [6.07, 6.45) is 0.406.